The highest BCUT2D eigenvalue weighted by Gasteiger charge is 2.24. The van der Waals surface area contributed by atoms with Crippen LogP contribution < -0.4 is 0 Å². The van der Waals surface area contributed by atoms with E-state index in [1.165, 1.54) is 9.40 Å². The second-order valence-corrected chi connectivity index (χ2v) is 8.81. The summed E-state index contributed by atoms with van der Waals surface area (Å²) in [6.07, 6.45) is 0. The fraction of sp³-hybridized carbons (Fsp3) is 0. The van der Waals surface area contributed by atoms with Crippen molar-refractivity contribution < 1.29 is 0 Å². The van der Waals surface area contributed by atoms with E-state index in [0.717, 1.165) is 15.7 Å². The normalized spacial score (nSPS) is 11.5. The second kappa shape index (κ2) is 5.84. The molecule has 0 N–H and O–H groups in total. The lowest BCUT2D eigenvalue weighted by molar-refractivity contribution is 1.75. The van der Waals surface area contributed by atoms with Gasteiger partial charge in [0.1, 0.15) is 0 Å². The zero-order chi connectivity index (χ0) is 16.1. The summed E-state index contributed by atoms with van der Waals surface area (Å²) in [5.74, 6) is 0. The summed E-state index contributed by atoms with van der Waals surface area (Å²) in [7, 11) is -0.236. The minimum atomic E-state index is -0.236. The quantitative estimate of drug-likeness (QED) is 0.282. The van der Waals surface area contributed by atoms with E-state index in [1.54, 1.807) is 0 Å². The van der Waals surface area contributed by atoms with Crippen LogP contribution in [0.1, 0.15) is 0 Å². The molecule has 0 unspecified atom stereocenters. The molecule has 0 atom stereocenters. The maximum atomic E-state index is 6.23. The van der Waals surface area contributed by atoms with Gasteiger partial charge in [-0.15, -0.1) is 0 Å². The van der Waals surface area contributed by atoms with Crippen molar-refractivity contribution in [1.82, 2.24) is 0 Å². The van der Waals surface area contributed by atoms with Crippen LogP contribution in [0.5, 0.6) is 0 Å². The summed E-state index contributed by atoms with van der Waals surface area (Å²) < 4.78 is 2.45. The van der Waals surface area contributed by atoms with Crippen molar-refractivity contribution in [2.75, 3.05) is 0 Å². The number of rotatable bonds is 1. The molecule has 23 heavy (non-hydrogen) atoms. The van der Waals surface area contributed by atoms with Crippen LogP contribution in [-0.2, 0) is 0 Å². The van der Waals surface area contributed by atoms with Crippen LogP contribution in [0.25, 0.3) is 25.1 Å². The standard InChI is InChI=1S/C18H9Cl4S/c19-10-1-5-17-13(7-10)14-8-11(20)2-6-18(14)23(17)12-3-4-15(21)16(22)9-12/h1-9H/q+1. The van der Waals surface area contributed by atoms with Gasteiger partial charge >= 0.3 is 0 Å². The van der Waals surface area contributed by atoms with Gasteiger partial charge in [-0.3, -0.25) is 0 Å². The number of benzene rings is 3. The minimum Gasteiger partial charge on any atom is -0.0843 e. The smallest absolute Gasteiger partial charge is 0.0843 e. The zero-order valence-electron chi connectivity index (χ0n) is 11.6. The average Bonchev–Trinajstić information content (AvgIpc) is 2.83. The molecule has 0 saturated carbocycles. The highest BCUT2D eigenvalue weighted by Crippen LogP contribution is 2.50. The SMILES string of the molecule is Clc1ccc2c(c1)c1cc(Cl)ccc1[s+]2-c1ccc(Cl)c(Cl)c1. The number of hydrogen-bond donors (Lipinski definition) is 0. The molecule has 0 aliphatic rings. The van der Waals surface area contributed by atoms with Crippen molar-refractivity contribution in [2.45, 2.75) is 0 Å². The summed E-state index contributed by atoms with van der Waals surface area (Å²) in [6.45, 7) is 0. The van der Waals surface area contributed by atoms with E-state index < -0.39 is 0 Å². The van der Waals surface area contributed by atoms with Gasteiger partial charge in [0.05, 0.1) is 10.0 Å². The molecule has 0 saturated heterocycles. The number of thiophene rings is 1. The Bertz CT molecular complexity index is 1010. The third-order valence-electron chi connectivity index (χ3n) is 3.74. The topological polar surface area (TPSA) is 0 Å². The lowest BCUT2D eigenvalue weighted by atomic mass is 10.1. The van der Waals surface area contributed by atoms with Gasteiger partial charge < -0.3 is 0 Å². The summed E-state index contributed by atoms with van der Waals surface area (Å²) >= 11 is 24.7. The van der Waals surface area contributed by atoms with Crippen molar-refractivity contribution in [3.05, 3.63) is 74.7 Å². The van der Waals surface area contributed by atoms with Crippen LogP contribution in [0.3, 0.4) is 0 Å². The van der Waals surface area contributed by atoms with Crippen LogP contribution >= 0.6 is 56.9 Å². The molecule has 4 aromatic rings. The number of hydrogen-bond acceptors (Lipinski definition) is 0. The molecule has 0 radical (unpaired) electrons. The molecule has 0 aliphatic heterocycles. The van der Waals surface area contributed by atoms with E-state index in [4.69, 9.17) is 46.4 Å². The number of halogens is 4. The van der Waals surface area contributed by atoms with Crippen molar-refractivity contribution in [2.24, 2.45) is 0 Å². The van der Waals surface area contributed by atoms with E-state index >= 15 is 0 Å². The van der Waals surface area contributed by atoms with Gasteiger partial charge in [0.25, 0.3) is 0 Å². The highest BCUT2D eigenvalue weighted by atomic mass is 35.5. The van der Waals surface area contributed by atoms with E-state index in [-0.39, 0.29) is 10.5 Å². The molecular formula is C18H9Cl4S+. The Hall–Kier alpha value is -0.960. The molecule has 0 amide bonds. The fourth-order valence-electron chi connectivity index (χ4n) is 2.76. The largest absolute Gasteiger partial charge is 0.187 e. The Kier molecular flexibility index (Phi) is 3.95. The molecular weight excluding hydrogens is 390 g/mol. The fourth-order valence-corrected chi connectivity index (χ4v) is 5.84. The summed E-state index contributed by atoms with van der Waals surface area (Å²) in [5.41, 5.74) is 0. The lowest BCUT2D eigenvalue weighted by Gasteiger charge is -1.97. The Morgan fingerprint density at radius 2 is 1.13 bits per heavy atom. The molecule has 0 nitrogen and oxygen atoms in total. The van der Waals surface area contributed by atoms with Crippen molar-refractivity contribution in [3.8, 4) is 4.90 Å². The van der Waals surface area contributed by atoms with Crippen molar-refractivity contribution in [3.63, 3.8) is 0 Å². The second-order valence-electron chi connectivity index (χ2n) is 5.16. The molecule has 4 rings (SSSR count). The van der Waals surface area contributed by atoms with Crippen LogP contribution in [0.15, 0.2) is 54.6 Å². The predicted octanol–water partition coefficient (Wildman–Crippen LogP) is 8.34. The van der Waals surface area contributed by atoms with Crippen molar-refractivity contribution >= 4 is 77.0 Å². The first-order chi connectivity index (χ1) is 11.0. The first kappa shape index (κ1) is 15.6. The molecule has 0 spiro atoms. The van der Waals surface area contributed by atoms with E-state index in [9.17, 15) is 0 Å². The average molecular weight is 399 g/mol. The van der Waals surface area contributed by atoms with Gasteiger partial charge in [-0.1, -0.05) is 46.4 Å². The molecule has 0 fully saturated rings. The van der Waals surface area contributed by atoms with Crippen LogP contribution in [0.4, 0.5) is 0 Å². The molecule has 1 heterocycles. The first-order valence-electron chi connectivity index (χ1n) is 6.83. The third kappa shape index (κ3) is 2.61. The lowest BCUT2D eigenvalue weighted by Crippen LogP contribution is -1.73. The molecule has 1 aromatic heterocycles. The van der Waals surface area contributed by atoms with Crippen molar-refractivity contribution in [1.29, 1.82) is 0 Å². The van der Waals surface area contributed by atoms with Gasteiger partial charge in [-0.25, -0.2) is 0 Å². The minimum absolute atomic E-state index is 0.236. The highest BCUT2D eigenvalue weighted by molar-refractivity contribution is 7.50. The van der Waals surface area contributed by atoms with Crippen LogP contribution in [0, 0.1) is 0 Å². The summed E-state index contributed by atoms with van der Waals surface area (Å²) in [4.78, 5) is 1.13. The van der Waals surface area contributed by atoms with Crippen LogP contribution in [0.2, 0.25) is 20.1 Å². The van der Waals surface area contributed by atoms with Gasteiger partial charge in [-0.2, -0.15) is 0 Å². The first-order valence-corrected chi connectivity index (χ1v) is 9.57. The van der Waals surface area contributed by atoms with Gasteiger partial charge in [0.2, 0.25) is 0 Å². The summed E-state index contributed by atoms with van der Waals surface area (Å²) in [5, 5.41) is 4.82. The zero-order valence-corrected chi connectivity index (χ0v) is 15.5. The molecule has 114 valence electrons. The Morgan fingerprint density at radius 3 is 1.65 bits per heavy atom. The Morgan fingerprint density at radius 1 is 0.565 bits per heavy atom. The number of fused-ring (bicyclic) bond motifs is 3. The molecule has 0 bridgehead atoms. The summed E-state index contributed by atoms with van der Waals surface area (Å²) in [6, 6.07) is 17.8. The van der Waals surface area contributed by atoms with Gasteiger partial charge in [0.15, 0.2) is 14.3 Å². The van der Waals surface area contributed by atoms with E-state index in [0.29, 0.717) is 20.1 Å². The van der Waals surface area contributed by atoms with E-state index in [1.807, 2.05) is 42.5 Å². The predicted molar refractivity (Wildman–Crippen MR) is 105 cm³/mol. The van der Waals surface area contributed by atoms with Crippen LogP contribution in [-0.4, -0.2) is 0 Å². The molecule has 0 aliphatic carbocycles. The molecule has 3 aromatic carbocycles. The molecule has 5 heteroatoms. The maximum absolute atomic E-state index is 6.23. The monoisotopic (exact) mass is 397 g/mol. The third-order valence-corrected chi connectivity index (χ3v) is 7.27. The van der Waals surface area contributed by atoms with E-state index in [2.05, 4.69) is 12.1 Å². The van der Waals surface area contributed by atoms with Gasteiger partial charge in [-0.05, 0) is 36.4 Å². The Labute approximate surface area is 156 Å². The maximum Gasteiger partial charge on any atom is 0.187 e. The Balaban J connectivity index is 2.17. The van der Waals surface area contributed by atoms with Gasteiger partial charge in [0, 0.05) is 49.5 Å².